The van der Waals surface area contributed by atoms with Gasteiger partial charge in [-0.3, -0.25) is 9.36 Å². The molecule has 0 heterocycles. The third-order valence-corrected chi connectivity index (χ3v) is 3.70. The number of benzene rings is 1. The van der Waals surface area contributed by atoms with E-state index in [2.05, 4.69) is 5.09 Å². The van der Waals surface area contributed by atoms with E-state index >= 15 is 0 Å². The summed E-state index contributed by atoms with van der Waals surface area (Å²) in [6.45, 7) is 5.95. The van der Waals surface area contributed by atoms with E-state index in [4.69, 9.17) is 18.7 Å². The van der Waals surface area contributed by atoms with Crippen molar-refractivity contribution < 1.29 is 28.1 Å². The van der Waals surface area contributed by atoms with Gasteiger partial charge in [-0.15, -0.1) is 0 Å². The van der Waals surface area contributed by atoms with Gasteiger partial charge in [0.25, 0.3) is 0 Å². The lowest BCUT2D eigenvalue weighted by molar-refractivity contribution is -0.148. The minimum atomic E-state index is -2.64. The van der Waals surface area contributed by atoms with Crippen molar-refractivity contribution in [3.05, 3.63) is 24.3 Å². The lowest BCUT2D eigenvalue weighted by Gasteiger charge is -2.15. The summed E-state index contributed by atoms with van der Waals surface area (Å²) in [6.07, 6.45) is -0.226. The highest BCUT2D eigenvalue weighted by Crippen LogP contribution is 2.27. The maximum atomic E-state index is 12.0. The molecule has 1 aromatic carbocycles. The van der Waals surface area contributed by atoms with E-state index in [1.54, 1.807) is 52.1 Å². The number of esters is 1. The average Bonchev–Trinajstić information content (AvgIpc) is 2.47. The normalized spacial score (nSPS) is 13.4. The van der Waals surface area contributed by atoms with E-state index in [-0.39, 0.29) is 6.10 Å². The second-order valence-corrected chi connectivity index (χ2v) is 6.13. The van der Waals surface area contributed by atoms with Gasteiger partial charge in [0.1, 0.15) is 24.1 Å². The van der Waals surface area contributed by atoms with Crippen molar-refractivity contribution in [3.8, 4) is 11.5 Å². The van der Waals surface area contributed by atoms with Crippen LogP contribution in [0.15, 0.2) is 24.3 Å². The van der Waals surface area contributed by atoms with Gasteiger partial charge in [-0.05, 0) is 32.9 Å². The molecule has 0 aliphatic heterocycles. The summed E-state index contributed by atoms with van der Waals surface area (Å²) >= 11 is 0. The summed E-state index contributed by atoms with van der Waals surface area (Å²) in [5, 5.41) is 2.59. The first-order chi connectivity index (χ1) is 10.9. The summed E-state index contributed by atoms with van der Waals surface area (Å²) in [5.74, 6) is 0.501. The Morgan fingerprint density at radius 2 is 1.91 bits per heavy atom. The van der Waals surface area contributed by atoms with Crippen LogP contribution >= 0.6 is 8.18 Å². The fourth-order valence-electron chi connectivity index (χ4n) is 1.58. The number of hydrogen-bond donors (Lipinski definition) is 1. The number of rotatable bonds is 10. The number of carbonyl (C=O) groups excluding carboxylic acids is 1. The van der Waals surface area contributed by atoms with Crippen LogP contribution in [0.4, 0.5) is 0 Å². The van der Waals surface area contributed by atoms with Gasteiger partial charge in [0.15, 0.2) is 0 Å². The van der Waals surface area contributed by atoms with Gasteiger partial charge in [0.05, 0.1) is 12.7 Å². The highest BCUT2D eigenvalue weighted by molar-refractivity contribution is 7.37. The molecule has 0 saturated carbocycles. The van der Waals surface area contributed by atoms with Crippen molar-refractivity contribution in [2.45, 2.75) is 32.9 Å². The van der Waals surface area contributed by atoms with Crippen molar-refractivity contribution >= 4 is 14.1 Å². The first-order valence-electron chi connectivity index (χ1n) is 7.33. The third kappa shape index (κ3) is 8.02. The van der Waals surface area contributed by atoms with E-state index in [0.29, 0.717) is 24.7 Å². The van der Waals surface area contributed by atoms with Crippen LogP contribution in [0.2, 0.25) is 0 Å². The van der Waals surface area contributed by atoms with Crippen LogP contribution in [0.25, 0.3) is 0 Å². The first kappa shape index (κ1) is 19.5. The molecule has 1 aromatic rings. The number of hydrogen-bond acceptors (Lipinski definition) is 6. The van der Waals surface area contributed by atoms with Gasteiger partial charge in [0.2, 0.25) is 0 Å². The van der Waals surface area contributed by atoms with Gasteiger partial charge in [-0.25, -0.2) is 5.09 Å². The van der Waals surface area contributed by atoms with Crippen molar-refractivity contribution in [1.29, 1.82) is 0 Å². The number of nitrogens with one attached hydrogen (secondary N) is 1. The molecule has 2 atom stereocenters. The van der Waals surface area contributed by atoms with Crippen molar-refractivity contribution in [2.75, 3.05) is 20.3 Å². The Morgan fingerprint density at radius 3 is 2.57 bits per heavy atom. The molecule has 0 aromatic heterocycles. The highest BCUT2D eigenvalue weighted by Gasteiger charge is 2.18. The molecule has 0 radical (unpaired) electrons. The Bertz CT molecular complexity index is 522. The molecule has 0 fully saturated rings. The van der Waals surface area contributed by atoms with Gasteiger partial charge in [-0.2, -0.15) is 0 Å². The Balaban J connectivity index is 2.50. The van der Waals surface area contributed by atoms with E-state index in [9.17, 15) is 9.36 Å². The maximum absolute atomic E-state index is 12.0. The molecule has 0 spiro atoms. The number of ether oxygens (including phenoxy) is 3. The molecule has 1 rings (SSSR count). The molecule has 8 heteroatoms. The molecule has 0 amide bonds. The molecular weight excluding hydrogens is 321 g/mol. The molecule has 0 aliphatic carbocycles. The Hall–Kier alpha value is -1.56. The SMILES string of the molecule is COCCOc1cccc(O[PH](=O)N[C@@H](C)C(=O)OC(C)C)c1. The lowest BCUT2D eigenvalue weighted by Crippen LogP contribution is -2.33. The van der Waals surface area contributed by atoms with Crippen LogP contribution in [0.5, 0.6) is 11.5 Å². The molecule has 0 aliphatic rings. The maximum Gasteiger partial charge on any atom is 0.323 e. The smallest absolute Gasteiger partial charge is 0.323 e. The summed E-state index contributed by atoms with van der Waals surface area (Å²) in [7, 11) is -1.05. The summed E-state index contributed by atoms with van der Waals surface area (Å²) in [6, 6.07) is 6.05. The zero-order valence-electron chi connectivity index (χ0n) is 13.8. The number of carbonyl (C=O) groups is 1. The van der Waals surface area contributed by atoms with Gasteiger partial charge >= 0.3 is 14.1 Å². The van der Waals surface area contributed by atoms with Crippen LogP contribution in [0.3, 0.4) is 0 Å². The largest absolute Gasteiger partial charge is 0.491 e. The minimum Gasteiger partial charge on any atom is -0.491 e. The molecule has 0 saturated heterocycles. The zero-order chi connectivity index (χ0) is 17.2. The lowest BCUT2D eigenvalue weighted by atomic mass is 10.3. The van der Waals surface area contributed by atoms with Crippen LogP contribution in [-0.4, -0.2) is 38.4 Å². The van der Waals surface area contributed by atoms with E-state index in [1.165, 1.54) is 0 Å². The van der Waals surface area contributed by atoms with Crippen LogP contribution < -0.4 is 14.3 Å². The molecule has 1 unspecified atom stereocenters. The summed E-state index contributed by atoms with van der Waals surface area (Å²) in [4.78, 5) is 11.6. The topological polar surface area (TPSA) is 83.1 Å². The Morgan fingerprint density at radius 1 is 1.22 bits per heavy atom. The quantitative estimate of drug-likeness (QED) is 0.396. The standard InChI is InChI=1S/C15H24NO6P/c1-11(2)21-15(17)12(3)16-23(18)22-14-7-5-6-13(10-14)20-9-8-19-4/h5-7,10-12,23H,8-9H2,1-4H3,(H,16,18)/t12-/m0/s1. The van der Waals surface area contributed by atoms with Gasteiger partial charge in [0, 0.05) is 13.2 Å². The molecule has 1 N–H and O–H groups in total. The van der Waals surface area contributed by atoms with Crippen molar-refractivity contribution in [1.82, 2.24) is 5.09 Å². The first-order valence-corrected chi connectivity index (χ1v) is 8.64. The van der Waals surface area contributed by atoms with Crippen LogP contribution in [0, 0.1) is 0 Å². The van der Waals surface area contributed by atoms with Crippen LogP contribution in [0.1, 0.15) is 20.8 Å². The average molecular weight is 345 g/mol. The second kappa shape index (κ2) is 10.3. The second-order valence-electron chi connectivity index (χ2n) is 5.06. The Labute approximate surface area is 137 Å². The van der Waals surface area contributed by atoms with E-state index < -0.39 is 20.2 Å². The summed E-state index contributed by atoms with van der Waals surface area (Å²) in [5.41, 5.74) is 0. The number of methoxy groups -OCH3 is 1. The zero-order valence-corrected chi connectivity index (χ0v) is 14.8. The van der Waals surface area contributed by atoms with E-state index in [1.807, 2.05) is 0 Å². The fraction of sp³-hybridized carbons (Fsp3) is 0.533. The molecule has 23 heavy (non-hydrogen) atoms. The predicted molar refractivity (Wildman–Crippen MR) is 87.3 cm³/mol. The fourth-order valence-corrected chi connectivity index (χ4v) is 2.45. The molecule has 130 valence electrons. The monoisotopic (exact) mass is 345 g/mol. The van der Waals surface area contributed by atoms with Crippen LogP contribution in [-0.2, 0) is 18.8 Å². The summed E-state index contributed by atoms with van der Waals surface area (Å²) < 4.78 is 32.6. The minimum absolute atomic E-state index is 0.226. The third-order valence-electron chi connectivity index (χ3n) is 2.61. The molecular formula is C15H24NO6P. The van der Waals surface area contributed by atoms with Crippen molar-refractivity contribution in [2.24, 2.45) is 0 Å². The van der Waals surface area contributed by atoms with Gasteiger partial charge in [-0.1, -0.05) is 6.07 Å². The Kier molecular flexibility index (Phi) is 8.69. The predicted octanol–water partition coefficient (Wildman–Crippen LogP) is 2.41. The van der Waals surface area contributed by atoms with Crippen molar-refractivity contribution in [3.63, 3.8) is 0 Å². The molecule has 0 bridgehead atoms. The van der Waals surface area contributed by atoms with Gasteiger partial charge < -0.3 is 18.7 Å². The molecule has 7 nitrogen and oxygen atoms in total. The van der Waals surface area contributed by atoms with E-state index in [0.717, 1.165) is 0 Å². The highest BCUT2D eigenvalue weighted by atomic mass is 31.1.